The molecular weight excluding hydrogens is 432 g/mol. The highest BCUT2D eigenvalue weighted by atomic mass is 35.5. The van der Waals surface area contributed by atoms with Crippen LogP contribution in [-0.2, 0) is 16.8 Å². The topological polar surface area (TPSA) is 74.5 Å². The zero-order chi connectivity index (χ0) is 21.8. The Morgan fingerprint density at radius 3 is 2.48 bits per heavy atom. The van der Waals surface area contributed by atoms with Gasteiger partial charge in [-0.1, -0.05) is 54.8 Å². The SMILES string of the molecule is O=C(NC(=S)Nc1ccc(-c2ccc(CO)o2)c(Cl)c1)C1(c2ccccc2)CCCC1. The van der Waals surface area contributed by atoms with Gasteiger partial charge in [0.1, 0.15) is 18.1 Å². The molecule has 1 aromatic heterocycles. The highest BCUT2D eigenvalue weighted by Gasteiger charge is 2.42. The number of amides is 1. The second-order valence-electron chi connectivity index (χ2n) is 7.68. The highest BCUT2D eigenvalue weighted by Crippen LogP contribution is 2.41. The zero-order valence-electron chi connectivity index (χ0n) is 16.9. The Morgan fingerprint density at radius 2 is 1.84 bits per heavy atom. The van der Waals surface area contributed by atoms with Crippen LogP contribution in [-0.4, -0.2) is 16.1 Å². The van der Waals surface area contributed by atoms with Crippen molar-refractivity contribution in [2.75, 3.05) is 5.32 Å². The van der Waals surface area contributed by atoms with Crippen LogP contribution in [0.4, 0.5) is 5.69 Å². The molecule has 0 spiro atoms. The molecule has 1 aliphatic carbocycles. The summed E-state index contributed by atoms with van der Waals surface area (Å²) in [7, 11) is 0. The van der Waals surface area contributed by atoms with Gasteiger partial charge in [0.2, 0.25) is 5.91 Å². The average Bonchev–Trinajstić information content (AvgIpc) is 3.45. The van der Waals surface area contributed by atoms with E-state index in [1.807, 2.05) is 36.4 Å². The molecule has 5 nitrogen and oxygen atoms in total. The molecule has 0 bridgehead atoms. The molecule has 3 aromatic rings. The molecule has 1 aliphatic rings. The van der Waals surface area contributed by atoms with Gasteiger partial charge in [0.05, 0.1) is 10.4 Å². The van der Waals surface area contributed by atoms with E-state index in [2.05, 4.69) is 10.6 Å². The molecule has 3 N–H and O–H groups in total. The first kappa shape index (κ1) is 21.6. The smallest absolute Gasteiger partial charge is 0.236 e. The summed E-state index contributed by atoms with van der Waals surface area (Å²) in [5, 5.41) is 15.8. The van der Waals surface area contributed by atoms with Crippen LogP contribution in [0, 0.1) is 0 Å². The molecule has 1 amide bonds. The highest BCUT2D eigenvalue weighted by molar-refractivity contribution is 7.80. The van der Waals surface area contributed by atoms with Crippen molar-refractivity contribution in [3.05, 3.63) is 77.0 Å². The van der Waals surface area contributed by atoms with Gasteiger partial charge in [-0.25, -0.2) is 0 Å². The molecule has 1 saturated carbocycles. The summed E-state index contributed by atoms with van der Waals surface area (Å²) in [6.07, 6.45) is 3.66. The molecule has 31 heavy (non-hydrogen) atoms. The lowest BCUT2D eigenvalue weighted by molar-refractivity contribution is -0.125. The van der Waals surface area contributed by atoms with Crippen LogP contribution in [0.25, 0.3) is 11.3 Å². The number of hydrogen-bond acceptors (Lipinski definition) is 4. The predicted octanol–water partition coefficient (Wildman–Crippen LogP) is 5.42. The fourth-order valence-electron chi connectivity index (χ4n) is 4.17. The second kappa shape index (κ2) is 9.22. The number of rotatable bonds is 5. The Kier molecular flexibility index (Phi) is 6.41. The molecule has 0 unspecified atom stereocenters. The van der Waals surface area contributed by atoms with Crippen molar-refractivity contribution in [2.45, 2.75) is 37.7 Å². The molecule has 0 saturated heterocycles. The molecule has 2 aromatic carbocycles. The number of halogens is 1. The number of carbonyl (C=O) groups excluding carboxylic acids is 1. The molecule has 0 atom stereocenters. The summed E-state index contributed by atoms with van der Waals surface area (Å²) in [4.78, 5) is 13.2. The van der Waals surface area contributed by atoms with Crippen LogP contribution in [0.3, 0.4) is 0 Å². The summed E-state index contributed by atoms with van der Waals surface area (Å²) in [5.74, 6) is 0.961. The van der Waals surface area contributed by atoms with Crippen molar-refractivity contribution in [1.82, 2.24) is 5.32 Å². The van der Waals surface area contributed by atoms with Gasteiger partial charge in [0, 0.05) is 11.3 Å². The van der Waals surface area contributed by atoms with E-state index in [4.69, 9.17) is 33.3 Å². The van der Waals surface area contributed by atoms with Gasteiger partial charge in [-0.2, -0.15) is 0 Å². The Bertz CT molecular complexity index is 1090. The van der Waals surface area contributed by atoms with Crippen LogP contribution in [0.2, 0.25) is 5.02 Å². The van der Waals surface area contributed by atoms with Gasteiger partial charge in [0.15, 0.2) is 5.11 Å². The van der Waals surface area contributed by atoms with E-state index >= 15 is 0 Å². The maximum absolute atomic E-state index is 13.2. The Labute approximate surface area is 191 Å². The van der Waals surface area contributed by atoms with Crippen LogP contribution < -0.4 is 10.6 Å². The Balaban J connectivity index is 1.46. The summed E-state index contributed by atoms with van der Waals surface area (Å²) in [6.45, 7) is -0.171. The van der Waals surface area contributed by atoms with Gasteiger partial charge in [-0.3, -0.25) is 4.79 Å². The van der Waals surface area contributed by atoms with Crippen molar-refractivity contribution in [3.8, 4) is 11.3 Å². The quantitative estimate of drug-likeness (QED) is 0.449. The number of aliphatic hydroxyl groups is 1. The molecule has 160 valence electrons. The fourth-order valence-corrected chi connectivity index (χ4v) is 4.65. The molecule has 1 heterocycles. The first-order valence-corrected chi connectivity index (χ1v) is 11.0. The number of hydrogen-bond donors (Lipinski definition) is 3. The standard InChI is InChI=1S/C24H23ClN2O3S/c25-20-14-17(8-10-19(20)21-11-9-18(15-28)30-21)26-23(31)27-22(29)24(12-4-5-13-24)16-6-2-1-3-7-16/h1-3,6-11,14,28H,4-5,12-13,15H2,(H2,26,27,29,31). The van der Waals surface area contributed by atoms with Gasteiger partial charge in [0.25, 0.3) is 0 Å². The molecule has 7 heteroatoms. The van der Waals surface area contributed by atoms with E-state index in [1.165, 1.54) is 0 Å². The summed E-state index contributed by atoms with van der Waals surface area (Å²) >= 11 is 11.8. The van der Waals surface area contributed by atoms with Crippen molar-refractivity contribution < 1.29 is 14.3 Å². The first-order chi connectivity index (χ1) is 15.0. The lowest BCUT2D eigenvalue weighted by atomic mass is 9.78. The maximum atomic E-state index is 13.2. The normalized spacial score (nSPS) is 14.9. The number of benzene rings is 2. The van der Waals surface area contributed by atoms with Gasteiger partial charge in [-0.05, 0) is 61.0 Å². The fraction of sp³-hybridized carbons (Fsp3) is 0.250. The number of anilines is 1. The summed E-state index contributed by atoms with van der Waals surface area (Å²) in [6, 6.07) is 18.7. The van der Waals surface area contributed by atoms with Crippen molar-refractivity contribution in [1.29, 1.82) is 0 Å². The van der Waals surface area contributed by atoms with Crippen LogP contribution in [0.1, 0.15) is 37.0 Å². The zero-order valence-corrected chi connectivity index (χ0v) is 18.4. The number of aliphatic hydroxyl groups excluding tert-OH is 1. The third-order valence-electron chi connectivity index (χ3n) is 5.76. The third kappa shape index (κ3) is 4.51. The van der Waals surface area contributed by atoms with E-state index in [0.29, 0.717) is 27.8 Å². The predicted molar refractivity (Wildman–Crippen MR) is 126 cm³/mol. The van der Waals surface area contributed by atoms with Crippen molar-refractivity contribution in [3.63, 3.8) is 0 Å². The molecule has 0 aliphatic heterocycles. The number of thiocarbonyl (C=S) groups is 1. The lowest BCUT2D eigenvalue weighted by Gasteiger charge is -2.28. The molecule has 0 radical (unpaired) electrons. The van der Waals surface area contributed by atoms with Crippen LogP contribution >= 0.6 is 23.8 Å². The van der Waals surface area contributed by atoms with Gasteiger partial charge < -0.3 is 20.2 Å². The minimum Gasteiger partial charge on any atom is -0.459 e. The first-order valence-electron chi connectivity index (χ1n) is 10.2. The van der Waals surface area contributed by atoms with Crippen LogP contribution in [0.15, 0.2) is 65.1 Å². The largest absolute Gasteiger partial charge is 0.459 e. The average molecular weight is 455 g/mol. The van der Waals surface area contributed by atoms with Gasteiger partial charge >= 0.3 is 0 Å². The molecule has 4 rings (SSSR count). The number of furan rings is 1. The van der Waals surface area contributed by atoms with E-state index < -0.39 is 5.41 Å². The molecular formula is C24H23ClN2O3S. The van der Waals surface area contributed by atoms with Crippen molar-refractivity contribution >= 4 is 40.5 Å². The maximum Gasteiger partial charge on any atom is 0.236 e. The number of carbonyl (C=O) groups is 1. The Hall–Kier alpha value is -2.67. The number of nitrogens with one attached hydrogen (secondary N) is 2. The van der Waals surface area contributed by atoms with Gasteiger partial charge in [-0.15, -0.1) is 0 Å². The Morgan fingerprint density at radius 1 is 1.10 bits per heavy atom. The monoisotopic (exact) mass is 454 g/mol. The van der Waals surface area contributed by atoms with E-state index in [9.17, 15) is 4.79 Å². The second-order valence-corrected chi connectivity index (χ2v) is 8.50. The minimum absolute atomic E-state index is 0.0801. The van der Waals surface area contributed by atoms with E-state index in [-0.39, 0.29) is 17.6 Å². The molecule has 1 fully saturated rings. The van der Waals surface area contributed by atoms with Crippen molar-refractivity contribution in [2.24, 2.45) is 0 Å². The van der Waals surface area contributed by atoms with E-state index in [1.54, 1.807) is 24.3 Å². The lowest BCUT2D eigenvalue weighted by Crippen LogP contribution is -2.46. The summed E-state index contributed by atoms with van der Waals surface area (Å²) in [5.41, 5.74) is 1.85. The summed E-state index contributed by atoms with van der Waals surface area (Å²) < 4.78 is 5.55. The van der Waals surface area contributed by atoms with Crippen LogP contribution in [0.5, 0.6) is 0 Å². The third-order valence-corrected chi connectivity index (χ3v) is 6.27. The van der Waals surface area contributed by atoms with E-state index in [0.717, 1.165) is 31.2 Å². The minimum atomic E-state index is -0.543.